The van der Waals surface area contributed by atoms with Crippen LogP contribution in [-0.4, -0.2) is 17.0 Å². The number of oxime groups is 1. The Kier molecular flexibility index (Phi) is 15.4. The second-order valence-corrected chi connectivity index (χ2v) is 6.37. The molecule has 3 N–H and O–H groups in total. The van der Waals surface area contributed by atoms with Crippen LogP contribution in [-0.2, 0) is 0 Å². The van der Waals surface area contributed by atoms with Gasteiger partial charge in [0.05, 0.1) is 5.71 Å². The van der Waals surface area contributed by atoms with Crippen LogP contribution in [0.5, 0.6) is 0 Å². The lowest BCUT2D eigenvalue weighted by Crippen LogP contribution is -2.26. The third-order valence-electron chi connectivity index (χ3n) is 4.19. The molecule has 0 saturated heterocycles. The van der Waals surface area contributed by atoms with Gasteiger partial charge in [-0.1, -0.05) is 89.1 Å². The number of nitrogens with two attached hydrogens (primary N) is 1. The summed E-state index contributed by atoms with van der Waals surface area (Å²) in [4.78, 5) is 0. The minimum absolute atomic E-state index is 0.118. The molecule has 0 saturated carbocycles. The molecule has 0 unspecified atom stereocenters. The summed E-state index contributed by atoms with van der Waals surface area (Å²) in [6.07, 6.45) is 18.5. The van der Waals surface area contributed by atoms with Crippen LogP contribution in [0.2, 0.25) is 0 Å². The van der Waals surface area contributed by atoms with Gasteiger partial charge in [-0.2, -0.15) is 0 Å². The molecule has 0 aliphatic heterocycles. The van der Waals surface area contributed by atoms with Crippen LogP contribution >= 0.6 is 0 Å². The standard InChI is InChI=1S/C18H38N2O/c1-3-4-5-6-7-8-9-10-11-12-13-14-15-16-18(20-21)17(2)19/h17,21H,3-16,19H2,1-2H3/b20-18-/t17-/m0/s1. The molecule has 0 bridgehead atoms. The van der Waals surface area contributed by atoms with Crippen molar-refractivity contribution in [2.75, 3.05) is 0 Å². The van der Waals surface area contributed by atoms with E-state index in [2.05, 4.69) is 12.1 Å². The first-order valence-electron chi connectivity index (χ1n) is 9.18. The van der Waals surface area contributed by atoms with Crippen molar-refractivity contribution < 1.29 is 5.21 Å². The molecule has 0 aromatic heterocycles. The molecule has 0 fully saturated rings. The Morgan fingerprint density at radius 2 is 1.19 bits per heavy atom. The molecule has 0 aromatic carbocycles. The van der Waals surface area contributed by atoms with Gasteiger partial charge in [-0.15, -0.1) is 0 Å². The van der Waals surface area contributed by atoms with Gasteiger partial charge in [0.1, 0.15) is 0 Å². The van der Waals surface area contributed by atoms with E-state index >= 15 is 0 Å². The fourth-order valence-corrected chi connectivity index (χ4v) is 2.69. The van der Waals surface area contributed by atoms with Gasteiger partial charge in [0.15, 0.2) is 0 Å². The van der Waals surface area contributed by atoms with Crippen LogP contribution in [0.3, 0.4) is 0 Å². The summed E-state index contributed by atoms with van der Waals surface area (Å²) in [5.74, 6) is 0. The van der Waals surface area contributed by atoms with Gasteiger partial charge < -0.3 is 10.9 Å². The van der Waals surface area contributed by atoms with E-state index in [4.69, 9.17) is 10.9 Å². The normalized spacial score (nSPS) is 13.6. The predicted molar refractivity (Wildman–Crippen MR) is 93.2 cm³/mol. The summed E-state index contributed by atoms with van der Waals surface area (Å²) in [5.41, 5.74) is 6.44. The lowest BCUT2D eigenvalue weighted by atomic mass is 10.0. The summed E-state index contributed by atoms with van der Waals surface area (Å²) in [7, 11) is 0. The largest absolute Gasteiger partial charge is 0.411 e. The van der Waals surface area contributed by atoms with Crippen LogP contribution in [0.25, 0.3) is 0 Å². The average Bonchev–Trinajstić information content (AvgIpc) is 2.47. The fourth-order valence-electron chi connectivity index (χ4n) is 2.69. The van der Waals surface area contributed by atoms with Gasteiger partial charge in [-0.05, 0) is 19.8 Å². The lowest BCUT2D eigenvalue weighted by Gasteiger charge is -2.07. The van der Waals surface area contributed by atoms with E-state index in [0.29, 0.717) is 0 Å². The zero-order chi connectivity index (χ0) is 15.8. The van der Waals surface area contributed by atoms with Gasteiger partial charge in [0, 0.05) is 6.04 Å². The van der Waals surface area contributed by atoms with Crippen molar-refractivity contribution in [1.29, 1.82) is 0 Å². The molecule has 21 heavy (non-hydrogen) atoms. The molecule has 3 heteroatoms. The third kappa shape index (κ3) is 14.1. The van der Waals surface area contributed by atoms with Gasteiger partial charge in [-0.25, -0.2) is 0 Å². The summed E-state index contributed by atoms with van der Waals surface area (Å²) in [6.45, 7) is 4.14. The van der Waals surface area contributed by atoms with Crippen LogP contribution in [0, 0.1) is 0 Å². The molecule has 1 atom stereocenters. The maximum absolute atomic E-state index is 8.80. The highest BCUT2D eigenvalue weighted by Gasteiger charge is 2.05. The quantitative estimate of drug-likeness (QED) is 0.178. The SMILES string of the molecule is CCCCCCCCCCCCCCC/C(=N/O)[C@H](C)N. The monoisotopic (exact) mass is 298 g/mol. The zero-order valence-electron chi connectivity index (χ0n) is 14.4. The summed E-state index contributed by atoms with van der Waals surface area (Å²) < 4.78 is 0. The van der Waals surface area contributed by atoms with Crippen LogP contribution in [0.4, 0.5) is 0 Å². The Morgan fingerprint density at radius 1 is 0.810 bits per heavy atom. The molecule has 0 amide bonds. The topological polar surface area (TPSA) is 58.6 Å². The van der Waals surface area contributed by atoms with Crippen LogP contribution in [0.1, 0.15) is 104 Å². The predicted octanol–water partition coefficient (Wildman–Crippen LogP) is 5.65. The van der Waals surface area contributed by atoms with Crippen molar-refractivity contribution in [2.24, 2.45) is 10.9 Å². The Hall–Kier alpha value is -0.570. The minimum Gasteiger partial charge on any atom is -0.411 e. The molecule has 0 aliphatic carbocycles. The number of unbranched alkanes of at least 4 members (excludes halogenated alkanes) is 12. The van der Waals surface area contributed by atoms with Crippen molar-refractivity contribution in [3.8, 4) is 0 Å². The van der Waals surface area contributed by atoms with E-state index in [0.717, 1.165) is 18.6 Å². The Balaban J connectivity index is 3.16. The number of nitrogens with zero attached hydrogens (tertiary/aromatic N) is 1. The first-order chi connectivity index (χ1) is 10.2. The maximum Gasteiger partial charge on any atom is 0.0734 e. The summed E-state index contributed by atoms with van der Waals surface area (Å²) in [5, 5.41) is 12.1. The van der Waals surface area contributed by atoms with Gasteiger partial charge in [-0.3, -0.25) is 0 Å². The molecule has 0 rings (SSSR count). The smallest absolute Gasteiger partial charge is 0.0734 e. The number of hydrogen-bond donors (Lipinski definition) is 2. The molecular formula is C18H38N2O. The Morgan fingerprint density at radius 3 is 1.52 bits per heavy atom. The van der Waals surface area contributed by atoms with E-state index in [9.17, 15) is 0 Å². The molecule has 0 aliphatic rings. The van der Waals surface area contributed by atoms with Gasteiger partial charge in [0.2, 0.25) is 0 Å². The molecule has 0 aromatic rings. The zero-order valence-corrected chi connectivity index (χ0v) is 14.4. The van der Waals surface area contributed by atoms with Crippen LogP contribution < -0.4 is 5.73 Å². The summed E-state index contributed by atoms with van der Waals surface area (Å²) in [6, 6.07) is -0.118. The highest BCUT2D eigenvalue weighted by molar-refractivity contribution is 5.88. The molecule has 0 heterocycles. The van der Waals surface area contributed by atoms with Crippen molar-refractivity contribution in [3.63, 3.8) is 0 Å². The minimum atomic E-state index is -0.118. The number of rotatable bonds is 15. The molecular weight excluding hydrogens is 260 g/mol. The highest BCUT2D eigenvalue weighted by atomic mass is 16.4. The Bertz CT molecular complexity index is 239. The highest BCUT2D eigenvalue weighted by Crippen LogP contribution is 2.13. The van der Waals surface area contributed by atoms with E-state index in [1.54, 1.807) is 0 Å². The van der Waals surface area contributed by atoms with E-state index in [1.165, 1.54) is 77.0 Å². The van der Waals surface area contributed by atoms with E-state index in [-0.39, 0.29) is 6.04 Å². The van der Waals surface area contributed by atoms with Gasteiger partial charge >= 0.3 is 0 Å². The van der Waals surface area contributed by atoms with Crippen LogP contribution in [0.15, 0.2) is 5.16 Å². The molecule has 0 spiro atoms. The van der Waals surface area contributed by atoms with Crippen molar-refractivity contribution in [3.05, 3.63) is 0 Å². The van der Waals surface area contributed by atoms with Crippen molar-refractivity contribution >= 4 is 5.71 Å². The van der Waals surface area contributed by atoms with E-state index < -0.39 is 0 Å². The van der Waals surface area contributed by atoms with Gasteiger partial charge in [0.25, 0.3) is 0 Å². The number of hydrogen-bond acceptors (Lipinski definition) is 3. The lowest BCUT2D eigenvalue weighted by molar-refractivity contribution is 0.315. The van der Waals surface area contributed by atoms with E-state index in [1.807, 2.05) is 6.92 Å². The first-order valence-corrected chi connectivity index (χ1v) is 9.18. The molecule has 0 radical (unpaired) electrons. The fraction of sp³-hybridized carbons (Fsp3) is 0.944. The molecule has 3 nitrogen and oxygen atoms in total. The average molecular weight is 299 g/mol. The maximum atomic E-state index is 8.80. The summed E-state index contributed by atoms with van der Waals surface area (Å²) >= 11 is 0. The van der Waals surface area contributed by atoms with Crippen molar-refractivity contribution in [2.45, 2.75) is 110 Å². The molecule has 126 valence electrons. The van der Waals surface area contributed by atoms with Crippen molar-refractivity contribution in [1.82, 2.24) is 0 Å². The first kappa shape index (κ1) is 20.4. The second-order valence-electron chi connectivity index (χ2n) is 6.37. The second kappa shape index (κ2) is 15.8. The Labute approximate surface area is 132 Å². The third-order valence-corrected chi connectivity index (χ3v) is 4.19.